The van der Waals surface area contributed by atoms with E-state index in [1.54, 1.807) is 19.1 Å². The Labute approximate surface area is 137 Å². The first-order valence-corrected chi connectivity index (χ1v) is 8.07. The molecular formula is C17H25ClF2N2. The van der Waals surface area contributed by atoms with Crippen LogP contribution in [0, 0.1) is 24.5 Å². The molecule has 1 atom stereocenters. The van der Waals surface area contributed by atoms with Crippen LogP contribution in [0.25, 0.3) is 0 Å². The lowest BCUT2D eigenvalue weighted by Crippen LogP contribution is -2.47. The van der Waals surface area contributed by atoms with Crippen LogP contribution in [0.3, 0.4) is 0 Å². The minimum absolute atomic E-state index is 0. The summed E-state index contributed by atoms with van der Waals surface area (Å²) in [5.74, 6) is -0.851. The highest BCUT2D eigenvalue weighted by atomic mass is 35.5. The van der Waals surface area contributed by atoms with Crippen LogP contribution in [0.15, 0.2) is 12.1 Å². The molecule has 1 N–H and O–H groups in total. The van der Waals surface area contributed by atoms with Gasteiger partial charge in [-0.1, -0.05) is 25.0 Å². The Hall–Kier alpha value is -0.710. The quantitative estimate of drug-likeness (QED) is 0.906. The Morgan fingerprint density at radius 2 is 1.73 bits per heavy atom. The molecule has 0 unspecified atom stereocenters. The van der Waals surface area contributed by atoms with Crippen molar-refractivity contribution in [3.63, 3.8) is 0 Å². The Morgan fingerprint density at radius 3 is 2.36 bits per heavy atom. The first-order valence-electron chi connectivity index (χ1n) is 8.07. The van der Waals surface area contributed by atoms with Gasteiger partial charge in [-0.3, -0.25) is 4.90 Å². The molecule has 22 heavy (non-hydrogen) atoms. The second-order valence-electron chi connectivity index (χ2n) is 6.37. The van der Waals surface area contributed by atoms with E-state index in [4.69, 9.17) is 0 Å². The second kappa shape index (κ2) is 7.71. The summed E-state index contributed by atoms with van der Waals surface area (Å²) in [6, 6.07) is 3.56. The van der Waals surface area contributed by atoms with E-state index in [0.717, 1.165) is 39.0 Å². The van der Waals surface area contributed by atoms with E-state index in [1.165, 1.54) is 12.8 Å². The third-order valence-corrected chi connectivity index (χ3v) is 5.02. The molecule has 1 aromatic rings. The van der Waals surface area contributed by atoms with Gasteiger partial charge in [-0.15, -0.1) is 12.4 Å². The zero-order chi connectivity index (χ0) is 14.8. The van der Waals surface area contributed by atoms with Crippen molar-refractivity contribution in [2.24, 2.45) is 5.92 Å². The van der Waals surface area contributed by atoms with Gasteiger partial charge in [-0.2, -0.15) is 0 Å². The summed E-state index contributed by atoms with van der Waals surface area (Å²) < 4.78 is 28.5. The van der Waals surface area contributed by atoms with Gasteiger partial charge >= 0.3 is 0 Å². The normalized spacial score (nSPS) is 21.6. The molecule has 0 bridgehead atoms. The standard InChI is InChI=1S/C17H24F2N2.ClH/c1-12-6-7-14(16(19)15(12)18)17(13-4-2-3-5-13)21-10-8-20-9-11-21;/h6-7,13,17,20H,2-5,8-11H2,1H3;1H/t17-;/m0./s1. The third kappa shape index (κ3) is 3.44. The number of benzene rings is 1. The van der Waals surface area contributed by atoms with Crippen LogP contribution in [0.1, 0.15) is 42.9 Å². The van der Waals surface area contributed by atoms with E-state index in [0.29, 0.717) is 17.0 Å². The van der Waals surface area contributed by atoms with Crippen molar-refractivity contribution < 1.29 is 8.78 Å². The molecule has 1 heterocycles. The molecule has 1 saturated heterocycles. The van der Waals surface area contributed by atoms with Crippen LogP contribution in [-0.4, -0.2) is 31.1 Å². The maximum absolute atomic E-state index is 14.5. The molecule has 1 aliphatic carbocycles. The number of rotatable bonds is 3. The highest BCUT2D eigenvalue weighted by Gasteiger charge is 2.34. The number of aryl methyl sites for hydroxylation is 1. The minimum atomic E-state index is -0.675. The van der Waals surface area contributed by atoms with Crippen LogP contribution < -0.4 is 5.32 Å². The molecule has 1 aromatic carbocycles. The zero-order valence-corrected chi connectivity index (χ0v) is 13.9. The molecule has 0 spiro atoms. The number of hydrogen-bond acceptors (Lipinski definition) is 2. The highest BCUT2D eigenvalue weighted by Crippen LogP contribution is 2.41. The molecule has 2 aliphatic rings. The molecule has 5 heteroatoms. The van der Waals surface area contributed by atoms with Crippen molar-refractivity contribution in [2.75, 3.05) is 26.2 Å². The van der Waals surface area contributed by atoms with Gasteiger partial charge in [0, 0.05) is 37.8 Å². The van der Waals surface area contributed by atoms with Crippen LogP contribution in [0.4, 0.5) is 8.78 Å². The third-order valence-electron chi connectivity index (χ3n) is 5.02. The Morgan fingerprint density at radius 1 is 1.09 bits per heavy atom. The SMILES string of the molecule is Cc1ccc([C@H](C2CCCC2)N2CCNCC2)c(F)c1F.Cl. The van der Waals surface area contributed by atoms with Crippen LogP contribution >= 0.6 is 12.4 Å². The predicted octanol–water partition coefficient (Wildman–Crippen LogP) is 3.83. The van der Waals surface area contributed by atoms with E-state index in [1.807, 2.05) is 0 Å². The van der Waals surface area contributed by atoms with Gasteiger partial charge in [-0.25, -0.2) is 8.78 Å². The van der Waals surface area contributed by atoms with Gasteiger partial charge in [0.25, 0.3) is 0 Å². The molecule has 0 radical (unpaired) electrons. The van der Waals surface area contributed by atoms with Gasteiger partial charge in [0.1, 0.15) is 0 Å². The van der Waals surface area contributed by atoms with Gasteiger partial charge < -0.3 is 5.32 Å². The van der Waals surface area contributed by atoms with Crippen LogP contribution in [0.5, 0.6) is 0 Å². The monoisotopic (exact) mass is 330 g/mol. The first kappa shape index (κ1) is 17.6. The summed E-state index contributed by atoms with van der Waals surface area (Å²) in [5.41, 5.74) is 0.952. The smallest absolute Gasteiger partial charge is 0.163 e. The van der Waals surface area contributed by atoms with Crippen molar-refractivity contribution in [3.05, 3.63) is 34.9 Å². The maximum atomic E-state index is 14.5. The molecule has 0 amide bonds. The average Bonchev–Trinajstić information content (AvgIpc) is 3.03. The maximum Gasteiger partial charge on any atom is 0.163 e. The molecule has 0 aromatic heterocycles. The second-order valence-corrected chi connectivity index (χ2v) is 6.37. The predicted molar refractivity (Wildman–Crippen MR) is 87.5 cm³/mol. The lowest BCUT2D eigenvalue weighted by Gasteiger charge is -2.38. The topological polar surface area (TPSA) is 15.3 Å². The van der Waals surface area contributed by atoms with Gasteiger partial charge in [-0.05, 0) is 31.2 Å². The molecule has 2 nitrogen and oxygen atoms in total. The number of piperazine rings is 1. The van der Waals surface area contributed by atoms with Crippen molar-refractivity contribution in [3.8, 4) is 0 Å². The minimum Gasteiger partial charge on any atom is -0.314 e. The molecule has 2 fully saturated rings. The molecule has 1 saturated carbocycles. The molecule has 124 valence electrons. The summed E-state index contributed by atoms with van der Waals surface area (Å²) >= 11 is 0. The number of hydrogen-bond donors (Lipinski definition) is 1. The number of halogens is 3. The Kier molecular flexibility index (Phi) is 6.18. The van der Waals surface area contributed by atoms with Crippen molar-refractivity contribution in [2.45, 2.75) is 38.6 Å². The average molecular weight is 331 g/mol. The van der Waals surface area contributed by atoms with Crippen molar-refractivity contribution >= 4 is 12.4 Å². The molecule has 1 aliphatic heterocycles. The number of nitrogens with one attached hydrogen (secondary N) is 1. The fourth-order valence-electron chi connectivity index (χ4n) is 3.87. The highest BCUT2D eigenvalue weighted by molar-refractivity contribution is 5.85. The summed E-state index contributed by atoms with van der Waals surface area (Å²) in [7, 11) is 0. The van der Waals surface area contributed by atoms with E-state index in [2.05, 4.69) is 10.2 Å². The summed E-state index contributed by atoms with van der Waals surface area (Å²) in [5, 5.41) is 3.34. The van der Waals surface area contributed by atoms with Crippen LogP contribution in [0.2, 0.25) is 0 Å². The van der Waals surface area contributed by atoms with Gasteiger partial charge in [0.2, 0.25) is 0 Å². The summed E-state index contributed by atoms with van der Waals surface area (Å²) in [6.07, 6.45) is 4.68. The van der Waals surface area contributed by atoms with Crippen molar-refractivity contribution in [1.29, 1.82) is 0 Å². The van der Waals surface area contributed by atoms with E-state index >= 15 is 0 Å². The fraction of sp³-hybridized carbons (Fsp3) is 0.647. The zero-order valence-electron chi connectivity index (χ0n) is 13.1. The number of nitrogens with zero attached hydrogens (tertiary/aromatic N) is 1. The molecule has 3 rings (SSSR count). The Bertz CT molecular complexity index is 498. The van der Waals surface area contributed by atoms with Gasteiger partial charge in [0.05, 0.1) is 0 Å². The van der Waals surface area contributed by atoms with Crippen LogP contribution in [-0.2, 0) is 0 Å². The first-order chi connectivity index (χ1) is 10.2. The Balaban J connectivity index is 0.00000176. The van der Waals surface area contributed by atoms with E-state index < -0.39 is 11.6 Å². The fourth-order valence-corrected chi connectivity index (χ4v) is 3.87. The summed E-state index contributed by atoms with van der Waals surface area (Å²) in [6.45, 7) is 5.31. The van der Waals surface area contributed by atoms with E-state index in [-0.39, 0.29) is 18.4 Å². The molecular weight excluding hydrogens is 306 g/mol. The lowest BCUT2D eigenvalue weighted by atomic mass is 9.88. The lowest BCUT2D eigenvalue weighted by molar-refractivity contribution is 0.122. The van der Waals surface area contributed by atoms with Crippen molar-refractivity contribution in [1.82, 2.24) is 10.2 Å². The van der Waals surface area contributed by atoms with Gasteiger partial charge in [0.15, 0.2) is 11.6 Å². The summed E-state index contributed by atoms with van der Waals surface area (Å²) in [4.78, 5) is 2.35. The largest absolute Gasteiger partial charge is 0.314 e. The van der Waals surface area contributed by atoms with E-state index in [9.17, 15) is 8.78 Å².